The molecule has 0 saturated carbocycles. The van der Waals surface area contributed by atoms with Gasteiger partial charge in [0.25, 0.3) is 0 Å². The summed E-state index contributed by atoms with van der Waals surface area (Å²) >= 11 is 5.97. The van der Waals surface area contributed by atoms with Crippen molar-refractivity contribution in [2.75, 3.05) is 13.2 Å². The maximum Gasteiger partial charge on any atom is 0.124 e. The van der Waals surface area contributed by atoms with Crippen LogP contribution in [0, 0.1) is 17.2 Å². The predicted molar refractivity (Wildman–Crippen MR) is 84.3 cm³/mol. The summed E-state index contributed by atoms with van der Waals surface area (Å²) in [6.07, 6.45) is 1.06. The van der Waals surface area contributed by atoms with Crippen LogP contribution in [0.25, 0.3) is 11.0 Å². The standard InChI is InChI=1S/C16H20ClN3O/c1-12(2)5-7-21-8-6-20-15-9-13(11-18)3-4-14(15)19-16(20)10-17/h3-4,9,12H,5-8,10H2,1-2H3. The van der Waals surface area contributed by atoms with Gasteiger partial charge in [0.2, 0.25) is 0 Å². The molecule has 0 atom stereocenters. The van der Waals surface area contributed by atoms with Crippen molar-refractivity contribution >= 4 is 22.6 Å². The lowest BCUT2D eigenvalue weighted by Gasteiger charge is -2.09. The highest BCUT2D eigenvalue weighted by Crippen LogP contribution is 2.19. The number of fused-ring (bicyclic) bond motifs is 1. The zero-order valence-electron chi connectivity index (χ0n) is 12.5. The number of imidazole rings is 1. The number of hydrogen-bond donors (Lipinski definition) is 0. The highest BCUT2D eigenvalue weighted by molar-refractivity contribution is 6.16. The van der Waals surface area contributed by atoms with Gasteiger partial charge in [0, 0.05) is 13.2 Å². The van der Waals surface area contributed by atoms with Crippen LogP contribution in [0.5, 0.6) is 0 Å². The minimum absolute atomic E-state index is 0.350. The number of nitriles is 1. The number of ether oxygens (including phenoxy) is 1. The molecule has 0 bridgehead atoms. The van der Waals surface area contributed by atoms with Gasteiger partial charge in [0.1, 0.15) is 5.82 Å². The first kappa shape index (κ1) is 15.8. The molecule has 1 heterocycles. The maximum atomic E-state index is 9.02. The van der Waals surface area contributed by atoms with Gasteiger partial charge in [-0.05, 0) is 30.5 Å². The van der Waals surface area contributed by atoms with Crippen molar-refractivity contribution in [3.05, 3.63) is 29.6 Å². The van der Waals surface area contributed by atoms with Gasteiger partial charge < -0.3 is 9.30 Å². The van der Waals surface area contributed by atoms with E-state index in [9.17, 15) is 0 Å². The van der Waals surface area contributed by atoms with E-state index in [0.29, 0.717) is 30.5 Å². The summed E-state index contributed by atoms with van der Waals surface area (Å²) in [5.41, 5.74) is 2.44. The minimum Gasteiger partial charge on any atom is -0.380 e. The third-order valence-electron chi connectivity index (χ3n) is 3.37. The summed E-state index contributed by atoms with van der Waals surface area (Å²) < 4.78 is 7.71. The van der Waals surface area contributed by atoms with Crippen LogP contribution in [-0.2, 0) is 17.2 Å². The molecule has 112 valence electrons. The fraction of sp³-hybridized carbons (Fsp3) is 0.500. The summed E-state index contributed by atoms with van der Waals surface area (Å²) in [5, 5.41) is 9.02. The second kappa shape index (κ2) is 7.44. The number of alkyl halides is 1. The second-order valence-corrected chi connectivity index (χ2v) is 5.69. The Kier molecular flexibility index (Phi) is 5.60. The van der Waals surface area contributed by atoms with Gasteiger partial charge >= 0.3 is 0 Å². The monoisotopic (exact) mass is 305 g/mol. The molecule has 0 saturated heterocycles. The molecule has 0 amide bonds. The molecule has 0 radical (unpaired) electrons. The Bertz CT molecular complexity index is 643. The van der Waals surface area contributed by atoms with Crippen molar-refractivity contribution in [3.8, 4) is 6.07 Å². The smallest absolute Gasteiger partial charge is 0.124 e. The van der Waals surface area contributed by atoms with Gasteiger partial charge in [-0.1, -0.05) is 13.8 Å². The van der Waals surface area contributed by atoms with Gasteiger partial charge in [0.05, 0.1) is 35.2 Å². The largest absolute Gasteiger partial charge is 0.380 e. The summed E-state index contributed by atoms with van der Waals surface area (Å²) in [4.78, 5) is 4.50. The lowest BCUT2D eigenvalue weighted by molar-refractivity contribution is 0.116. The molecule has 1 aromatic heterocycles. The average Bonchev–Trinajstić information content (AvgIpc) is 2.83. The highest BCUT2D eigenvalue weighted by atomic mass is 35.5. The van der Waals surface area contributed by atoms with Crippen LogP contribution in [0.2, 0.25) is 0 Å². The quantitative estimate of drug-likeness (QED) is 0.579. The predicted octanol–water partition coefficient (Wildman–Crippen LogP) is 3.71. The van der Waals surface area contributed by atoms with E-state index in [1.165, 1.54) is 0 Å². The normalized spacial score (nSPS) is 11.2. The lowest BCUT2D eigenvalue weighted by atomic mass is 10.1. The minimum atomic E-state index is 0.350. The second-order valence-electron chi connectivity index (χ2n) is 5.42. The number of rotatable bonds is 7. The van der Waals surface area contributed by atoms with Gasteiger partial charge in [-0.2, -0.15) is 5.26 Å². The first-order chi connectivity index (χ1) is 10.2. The first-order valence-corrected chi connectivity index (χ1v) is 7.72. The fourth-order valence-corrected chi connectivity index (χ4v) is 2.37. The van der Waals surface area contributed by atoms with E-state index in [-0.39, 0.29) is 0 Å². The Morgan fingerprint density at radius 1 is 1.38 bits per heavy atom. The van der Waals surface area contributed by atoms with Gasteiger partial charge in [-0.25, -0.2) is 4.98 Å². The SMILES string of the molecule is CC(C)CCOCCn1c(CCl)nc2ccc(C#N)cc21. The van der Waals surface area contributed by atoms with E-state index in [1.807, 2.05) is 16.7 Å². The Balaban J connectivity index is 2.11. The number of hydrogen-bond acceptors (Lipinski definition) is 3. The molecule has 0 unspecified atom stereocenters. The molecule has 0 N–H and O–H groups in total. The third kappa shape index (κ3) is 3.96. The van der Waals surface area contributed by atoms with E-state index in [1.54, 1.807) is 6.07 Å². The molecular weight excluding hydrogens is 286 g/mol. The molecule has 0 fully saturated rings. The van der Waals surface area contributed by atoms with Gasteiger partial charge in [-0.3, -0.25) is 0 Å². The number of nitrogens with zero attached hydrogens (tertiary/aromatic N) is 3. The van der Waals surface area contributed by atoms with Crippen LogP contribution < -0.4 is 0 Å². The molecule has 5 heteroatoms. The topological polar surface area (TPSA) is 50.8 Å². The molecule has 2 rings (SSSR count). The molecule has 1 aromatic carbocycles. The van der Waals surface area contributed by atoms with Crippen LogP contribution in [0.1, 0.15) is 31.7 Å². The zero-order chi connectivity index (χ0) is 15.2. The van der Waals surface area contributed by atoms with Crippen LogP contribution in [-0.4, -0.2) is 22.8 Å². The van der Waals surface area contributed by atoms with Gasteiger partial charge in [-0.15, -0.1) is 11.6 Å². The van der Waals surface area contributed by atoms with Crippen LogP contribution in [0.15, 0.2) is 18.2 Å². The molecular formula is C16H20ClN3O. The molecule has 0 spiro atoms. The Labute approximate surface area is 130 Å². The Morgan fingerprint density at radius 3 is 2.86 bits per heavy atom. The van der Waals surface area contributed by atoms with Gasteiger partial charge in [0.15, 0.2) is 0 Å². The van der Waals surface area contributed by atoms with Crippen molar-refractivity contribution in [1.82, 2.24) is 9.55 Å². The van der Waals surface area contributed by atoms with Crippen molar-refractivity contribution in [1.29, 1.82) is 5.26 Å². The molecule has 4 nitrogen and oxygen atoms in total. The summed E-state index contributed by atoms with van der Waals surface area (Å²) in [7, 11) is 0. The van der Waals surface area contributed by atoms with Crippen LogP contribution in [0.3, 0.4) is 0 Å². The number of benzene rings is 1. The first-order valence-electron chi connectivity index (χ1n) is 7.18. The fourth-order valence-electron chi connectivity index (χ4n) is 2.17. The number of halogens is 1. The zero-order valence-corrected chi connectivity index (χ0v) is 13.2. The van der Waals surface area contributed by atoms with Crippen LogP contribution >= 0.6 is 11.6 Å². The third-order valence-corrected chi connectivity index (χ3v) is 3.61. The van der Waals surface area contributed by atoms with Crippen molar-refractivity contribution in [3.63, 3.8) is 0 Å². The maximum absolute atomic E-state index is 9.02. The Hall–Kier alpha value is -1.57. The molecule has 2 aromatic rings. The summed E-state index contributed by atoms with van der Waals surface area (Å²) in [6, 6.07) is 7.65. The Morgan fingerprint density at radius 2 is 2.19 bits per heavy atom. The van der Waals surface area contributed by atoms with E-state index in [2.05, 4.69) is 24.9 Å². The average molecular weight is 306 g/mol. The summed E-state index contributed by atoms with van der Waals surface area (Å²) in [5.74, 6) is 1.81. The highest BCUT2D eigenvalue weighted by Gasteiger charge is 2.10. The van der Waals surface area contributed by atoms with Crippen LogP contribution in [0.4, 0.5) is 0 Å². The molecule has 0 aliphatic rings. The molecule has 21 heavy (non-hydrogen) atoms. The lowest BCUT2D eigenvalue weighted by Crippen LogP contribution is -2.10. The van der Waals surface area contributed by atoms with Crippen molar-refractivity contribution < 1.29 is 4.74 Å². The van der Waals surface area contributed by atoms with Crippen molar-refractivity contribution in [2.24, 2.45) is 5.92 Å². The molecule has 0 aliphatic heterocycles. The summed E-state index contributed by atoms with van der Waals surface area (Å²) in [6.45, 7) is 6.46. The van der Waals surface area contributed by atoms with Crippen molar-refractivity contribution in [2.45, 2.75) is 32.7 Å². The number of aromatic nitrogens is 2. The molecule has 0 aliphatic carbocycles. The van der Waals surface area contributed by atoms with E-state index >= 15 is 0 Å². The van der Waals surface area contributed by atoms with E-state index in [4.69, 9.17) is 21.6 Å². The van der Waals surface area contributed by atoms with E-state index in [0.717, 1.165) is 29.9 Å². The van der Waals surface area contributed by atoms with E-state index < -0.39 is 0 Å².